The highest BCUT2D eigenvalue weighted by molar-refractivity contribution is 5.84. The summed E-state index contributed by atoms with van der Waals surface area (Å²) in [5.74, 6) is 0.857. The number of piperidine rings is 1. The van der Waals surface area contributed by atoms with Crippen molar-refractivity contribution >= 4 is 5.91 Å². The van der Waals surface area contributed by atoms with Gasteiger partial charge in [0.05, 0.1) is 17.0 Å². The van der Waals surface area contributed by atoms with Crippen LogP contribution in [-0.4, -0.2) is 47.4 Å². The largest absolute Gasteiger partial charge is 0.416 e. The molecule has 2 fully saturated rings. The Morgan fingerprint density at radius 2 is 1.89 bits per heavy atom. The lowest BCUT2D eigenvalue weighted by Gasteiger charge is -2.41. The number of rotatable bonds is 4. The molecule has 1 amide bonds. The number of halogens is 3. The van der Waals surface area contributed by atoms with Gasteiger partial charge in [-0.3, -0.25) is 4.79 Å². The van der Waals surface area contributed by atoms with Gasteiger partial charge in [-0.25, -0.2) is 0 Å². The van der Waals surface area contributed by atoms with Gasteiger partial charge in [0.2, 0.25) is 5.91 Å². The third kappa shape index (κ3) is 4.66. The molecule has 1 aliphatic carbocycles. The van der Waals surface area contributed by atoms with Crippen molar-refractivity contribution in [2.45, 2.75) is 77.2 Å². The molecule has 35 heavy (non-hydrogen) atoms. The Labute approximate surface area is 205 Å². The lowest BCUT2D eigenvalue weighted by Crippen LogP contribution is -2.49. The van der Waals surface area contributed by atoms with Gasteiger partial charge >= 0.3 is 6.18 Å². The molecule has 0 aromatic heterocycles. The van der Waals surface area contributed by atoms with Crippen molar-refractivity contribution in [2.24, 2.45) is 27.5 Å². The monoisotopic (exact) mass is 488 g/mol. The molecule has 1 aromatic rings. The molecule has 3 atom stereocenters. The van der Waals surface area contributed by atoms with Gasteiger partial charge in [-0.1, -0.05) is 19.9 Å². The Morgan fingerprint density at radius 1 is 1.11 bits per heavy atom. The van der Waals surface area contributed by atoms with Crippen molar-refractivity contribution in [1.29, 1.82) is 0 Å². The summed E-state index contributed by atoms with van der Waals surface area (Å²) in [5.41, 5.74) is 0.476. The van der Waals surface area contributed by atoms with Gasteiger partial charge in [0, 0.05) is 25.3 Å². The molecule has 0 N–H and O–H groups in total. The smallest absolute Gasteiger partial charge is 0.338 e. The van der Waals surface area contributed by atoms with Crippen molar-refractivity contribution in [2.75, 3.05) is 19.6 Å². The van der Waals surface area contributed by atoms with E-state index in [0.717, 1.165) is 56.8 Å². The van der Waals surface area contributed by atoms with Crippen LogP contribution in [0.25, 0.3) is 0 Å². The summed E-state index contributed by atoms with van der Waals surface area (Å²) in [5, 5.41) is 8.32. The standard InChI is InChI=1S/C27H35F3N4O/c1-18(2)26(10-5-23(16-26)33-12-8-20(9-13-33)24-6-11-31-32-24)25(35)34-14-7-19-3-4-22(27(28,29)30)15-21(19)17-34/h3-4,6,11,15,18,20,23-24H,5,7-10,12-14,16-17H2,1-2H3/t23?,24?,26-/m0/s1. The van der Waals surface area contributed by atoms with Crippen molar-refractivity contribution in [3.8, 4) is 0 Å². The van der Waals surface area contributed by atoms with Crippen LogP contribution in [-0.2, 0) is 23.9 Å². The van der Waals surface area contributed by atoms with E-state index in [4.69, 9.17) is 0 Å². The van der Waals surface area contributed by atoms with Crippen LogP contribution < -0.4 is 0 Å². The van der Waals surface area contributed by atoms with Crippen LogP contribution in [0.1, 0.15) is 62.6 Å². The van der Waals surface area contributed by atoms with Gasteiger partial charge in [0.1, 0.15) is 0 Å². The van der Waals surface area contributed by atoms with Crippen molar-refractivity contribution in [3.05, 3.63) is 47.2 Å². The van der Waals surface area contributed by atoms with Gasteiger partial charge in [0.15, 0.2) is 0 Å². The van der Waals surface area contributed by atoms with Gasteiger partial charge in [0.25, 0.3) is 0 Å². The highest BCUT2D eigenvalue weighted by Gasteiger charge is 2.51. The molecule has 4 aliphatic rings. The second kappa shape index (κ2) is 9.34. The van der Waals surface area contributed by atoms with Gasteiger partial charge in [-0.05, 0) is 92.8 Å². The van der Waals surface area contributed by atoms with Crippen LogP contribution in [0, 0.1) is 17.3 Å². The Bertz CT molecular complexity index is 1000. The van der Waals surface area contributed by atoms with E-state index in [1.165, 1.54) is 6.07 Å². The zero-order chi connectivity index (χ0) is 24.8. The number of hydrogen-bond acceptors (Lipinski definition) is 4. The summed E-state index contributed by atoms with van der Waals surface area (Å²) in [7, 11) is 0. The molecular weight excluding hydrogens is 453 g/mol. The minimum atomic E-state index is -4.37. The maximum absolute atomic E-state index is 14.0. The van der Waals surface area contributed by atoms with Crippen LogP contribution in [0.2, 0.25) is 0 Å². The normalized spacial score (nSPS) is 29.8. The highest BCUT2D eigenvalue weighted by Crippen LogP contribution is 2.48. The predicted molar refractivity (Wildman–Crippen MR) is 128 cm³/mol. The fourth-order valence-corrected chi connectivity index (χ4v) is 6.71. The summed E-state index contributed by atoms with van der Waals surface area (Å²) in [6.45, 7) is 7.15. The molecule has 5 rings (SSSR count). The van der Waals surface area contributed by atoms with Crippen LogP contribution in [0.3, 0.4) is 0 Å². The van der Waals surface area contributed by atoms with E-state index in [0.29, 0.717) is 30.5 Å². The van der Waals surface area contributed by atoms with Crippen LogP contribution in [0.5, 0.6) is 0 Å². The number of carbonyl (C=O) groups excluding carboxylic acids is 1. The summed E-state index contributed by atoms with van der Waals surface area (Å²) >= 11 is 0. The molecule has 1 saturated carbocycles. The third-order valence-electron chi connectivity index (χ3n) is 9.01. The maximum atomic E-state index is 14.0. The minimum absolute atomic E-state index is 0.129. The SMILES string of the molecule is CC(C)[C@]1(C(=O)N2CCc3ccc(C(F)(F)F)cc3C2)CCC(N2CCC(C3C=CN=N3)CC2)C1. The molecule has 3 aliphatic heterocycles. The summed E-state index contributed by atoms with van der Waals surface area (Å²) in [4.78, 5) is 18.4. The van der Waals surface area contributed by atoms with E-state index < -0.39 is 17.2 Å². The van der Waals surface area contributed by atoms with E-state index in [9.17, 15) is 18.0 Å². The number of fused-ring (bicyclic) bond motifs is 1. The molecule has 3 heterocycles. The summed E-state index contributed by atoms with van der Waals surface area (Å²) in [6.07, 6.45) is 4.99. The molecular formula is C27H35F3N4O. The predicted octanol–water partition coefficient (Wildman–Crippen LogP) is 5.85. The number of likely N-dealkylation sites (tertiary alicyclic amines) is 1. The summed E-state index contributed by atoms with van der Waals surface area (Å²) < 4.78 is 39.8. The highest BCUT2D eigenvalue weighted by atomic mass is 19.4. The molecule has 190 valence electrons. The number of carbonyl (C=O) groups is 1. The van der Waals surface area contributed by atoms with Crippen molar-refractivity contribution < 1.29 is 18.0 Å². The van der Waals surface area contributed by atoms with Crippen LogP contribution in [0.15, 0.2) is 40.7 Å². The summed E-state index contributed by atoms with van der Waals surface area (Å²) in [6, 6.07) is 4.57. The minimum Gasteiger partial charge on any atom is -0.338 e. The van der Waals surface area contributed by atoms with Crippen LogP contribution in [0.4, 0.5) is 13.2 Å². The molecule has 1 saturated heterocycles. The Kier molecular flexibility index (Phi) is 6.53. The zero-order valence-electron chi connectivity index (χ0n) is 20.6. The van der Waals surface area contributed by atoms with Crippen molar-refractivity contribution in [3.63, 3.8) is 0 Å². The quantitative estimate of drug-likeness (QED) is 0.534. The molecule has 1 aromatic carbocycles. The first-order valence-electron chi connectivity index (χ1n) is 13.0. The number of amides is 1. The molecule has 5 nitrogen and oxygen atoms in total. The van der Waals surface area contributed by atoms with Gasteiger partial charge < -0.3 is 9.80 Å². The fraction of sp³-hybridized carbons (Fsp3) is 0.667. The second-order valence-corrected chi connectivity index (χ2v) is 11.1. The first kappa shape index (κ1) is 24.5. The van der Waals surface area contributed by atoms with Gasteiger partial charge in [-0.15, -0.1) is 0 Å². The average molecular weight is 489 g/mol. The molecule has 2 unspecified atom stereocenters. The maximum Gasteiger partial charge on any atom is 0.416 e. The zero-order valence-corrected chi connectivity index (χ0v) is 20.6. The molecule has 0 bridgehead atoms. The second-order valence-electron chi connectivity index (χ2n) is 11.1. The van der Waals surface area contributed by atoms with Crippen LogP contribution >= 0.6 is 0 Å². The number of azo groups is 1. The molecule has 0 spiro atoms. The molecule has 0 radical (unpaired) electrons. The lowest BCUT2D eigenvalue weighted by molar-refractivity contribution is -0.146. The third-order valence-corrected chi connectivity index (χ3v) is 9.01. The fourth-order valence-electron chi connectivity index (χ4n) is 6.71. The first-order chi connectivity index (χ1) is 16.7. The Hall–Kier alpha value is -2.22. The molecule has 8 heteroatoms. The average Bonchev–Trinajstić information content (AvgIpc) is 3.54. The lowest BCUT2D eigenvalue weighted by atomic mass is 9.73. The van der Waals surface area contributed by atoms with E-state index in [1.54, 1.807) is 12.3 Å². The topological polar surface area (TPSA) is 48.3 Å². The van der Waals surface area contributed by atoms with Gasteiger partial charge in [-0.2, -0.15) is 23.4 Å². The van der Waals surface area contributed by atoms with E-state index in [2.05, 4.69) is 35.1 Å². The van der Waals surface area contributed by atoms with E-state index >= 15 is 0 Å². The van der Waals surface area contributed by atoms with E-state index in [-0.39, 0.29) is 24.4 Å². The Morgan fingerprint density at radius 3 is 2.54 bits per heavy atom. The van der Waals surface area contributed by atoms with E-state index in [1.807, 2.05) is 4.90 Å². The van der Waals surface area contributed by atoms with Crippen molar-refractivity contribution in [1.82, 2.24) is 9.80 Å². The number of nitrogens with zero attached hydrogens (tertiary/aromatic N) is 4. The first-order valence-corrected chi connectivity index (χ1v) is 13.0. The Balaban J connectivity index is 1.26. The number of hydrogen-bond donors (Lipinski definition) is 0. The number of alkyl halides is 3. The number of benzene rings is 1.